The van der Waals surface area contributed by atoms with Crippen molar-refractivity contribution in [1.29, 1.82) is 0 Å². The largest absolute Gasteiger partial charge is 0.475 e. The Bertz CT molecular complexity index is 888. The van der Waals surface area contributed by atoms with E-state index in [-0.39, 0.29) is 18.2 Å². The van der Waals surface area contributed by atoms with E-state index < -0.39 is 0 Å². The van der Waals surface area contributed by atoms with E-state index in [9.17, 15) is 4.79 Å². The van der Waals surface area contributed by atoms with Crippen LogP contribution in [0, 0.1) is 0 Å². The first-order valence-corrected chi connectivity index (χ1v) is 11.1. The fourth-order valence-corrected chi connectivity index (χ4v) is 4.25. The summed E-state index contributed by atoms with van der Waals surface area (Å²) in [6, 6.07) is 11.5. The number of ether oxygens (including phenoxy) is 2. The van der Waals surface area contributed by atoms with Crippen LogP contribution in [0.2, 0.25) is 0 Å². The molecule has 2 unspecified atom stereocenters. The molecule has 0 bridgehead atoms. The van der Waals surface area contributed by atoms with E-state index in [0.717, 1.165) is 43.1 Å². The van der Waals surface area contributed by atoms with Crippen molar-refractivity contribution in [3.63, 3.8) is 0 Å². The molecule has 2 atom stereocenters. The Morgan fingerprint density at radius 1 is 0.767 bits per heavy atom. The molecular formula is C25H34N2O3. The second-order valence-electron chi connectivity index (χ2n) is 7.59. The highest BCUT2D eigenvalue weighted by molar-refractivity contribution is 6.22. The van der Waals surface area contributed by atoms with Gasteiger partial charge in [-0.1, -0.05) is 39.8 Å². The van der Waals surface area contributed by atoms with Gasteiger partial charge in [0.1, 0.15) is 24.0 Å². The molecule has 0 radical (unpaired) electrons. The van der Waals surface area contributed by atoms with Crippen molar-refractivity contribution >= 4 is 5.78 Å². The van der Waals surface area contributed by atoms with Gasteiger partial charge in [0.2, 0.25) is 0 Å². The van der Waals surface area contributed by atoms with Gasteiger partial charge in [-0.2, -0.15) is 0 Å². The zero-order valence-corrected chi connectivity index (χ0v) is 19.1. The lowest BCUT2D eigenvalue weighted by molar-refractivity contribution is 0.0478. The summed E-state index contributed by atoms with van der Waals surface area (Å²) in [5.74, 6) is 1.50. The molecule has 5 heteroatoms. The van der Waals surface area contributed by atoms with Gasteiger partial charge in [-0.15, -0.1) is 0 Å². The number of rotatable bonds is 10. The molecule has 0 spiro atoms. The molecule has 2 aromatic carbocycles. The van der Waals surface area contributed by atoms with Gasteiger partial charge in [0.15, 0.2) is 5.78 Å². The van der Waals surface area contributed by atoms with Gasteiger partial charge in [-0.05, 0) is 69.9 Å². The van der Waals surface area contributed by atoms with Gasteiger partial charge in [-0.3, -0.25) is 14.6 Å². The van der Waals surface area contributed by atoms with Crippen LogP contribution in [-0.2, 0) is 0 Å². The molecule has 5 nitrogen and oxygen atoms in total. The first kappa shape index (κ1) is 22.3. The van der Waals surface area contributed by atoms with Crippen LogP contribution in [0.5, 0.6) is 11.5 Å². The van der Waals surface area contributed by atoms with Crippen LogP contribution in [0.25, 0.3) is 11.1 Å². The summed E-state index contributed by atoms with van der Waals surface area (Å²) in [5, 5.41) is 0. The third-order valence-corrected chi connectivity index (χ3v) is 6.03. The van der Waals surface area contributed by atoms with Crippen molar-refractivity contribution in [2.75, 3.05) is 26.2 Å². The Kier molecular flexibility index (Phi) is 7.16. The lowest BCUT2D eigenvalue weighted by Crippen LogP contribution is -2.37. The quantitative estimate of drug-likeness (QED) is 0.439. The molecule has 0 saturated heterocycles. The van der Waals surface area contributed by atoms with E-state index in [0.29, 0.717) is 16.9 Å². The predicted octanol–water partition coefficient (Wildman–Crippen LogP) is 5.03. The lowest BCUT2D eigenvalue weighted by atomic mass is 10.0. The monoisotopic (exact) mass is 410 g/mol. The van der Waals surface area contributed by atoms with E-state index in [4.69, 9.17) is 9.47 Å². The van der Waals surface area contributed by atoms with Gasteiger partial charge in [0.25, 0.3) is 0 Å². The van der Waals surface area contributed by atoms with E-state index in [1.165, 1.54) is 0 Å². The summed E-state index contributed by atoms with van der Waals surface area (Å²) in [6.07, 6.45) is -0.117. The molecule has 0 heterocycles. The highest BCUT2D eigenvalue weighted by Gasteiger charge is 2.31. The number of fused-ring (bicyclic) bond motifs is 3. The van der Waals surface area contributed by atoms with Crippen LogP contribution in [-0.4, -0.2) is 54.2 Å². The van der Waals surface area contributed by atoms with Crippen LogP contribution in [0.15, 0.2) is 36.4 Å². The molecule has 0 aromatic heterocycles. The van der Waals surface area contributed by atoms with Gasteiger partial charge in [0, 0.05) is 16.7 Å². The molecule has 1 aliphatic rings. The number of carbonyl (C=O) groups is 1. The summed E-state index contributed by atoms with van der Waals surface area (Å²) in [7, 11) is 0. The number of ketones is 1. The van der Waals surface area contributed by atoms with Crippen molar-refractivity contribution < 1.29 is 14.3 Å². The van der Waals surface area contributed by atoms with Gasteiger partial charge in [-0.25, -0.2) is 0 Å². The fraction of sp³-hybridized carbons (Fsp3) is 0.480. The Morgan fingerprint density at radius 2 is 1.37 bits per heavy atom. The molecule has 0 amide bonds. The van der Waals surface area contributed by atoms with Crippen LogP contribution >= 0.6 is 0 Å². The van der Waals surface area contributed by atoms with Gasteiger partial charge >= 0.3 is 0 Å². The van der Waals surface area contributed by atoms with Crippen molar-refractivity contribution in [3.05, 3.63) is 47.5 Å². The summed E-state index contributed by atoms with van der Waals surface area (Å²) in [5.41, 5.74) is 3.18. The van der Waals surface area contributed by atoms with Crippen molar-refractivity contribution in [1.82, 2.24) is 9.80 Å². The minimum absolute atomic E-state index is 0.0295. The smallest absolute Gasteiger partial charge is 0.194 e. The molecule has 0 aliphatic heterocycles. The predicted molar refractivity (Wildman–Crippen MR) is 121 cm³/mol. The Morgan fingerprint density at radius 3 is 1.97 bits per heavy atom. The summed E-state index contributed by atoms with van der Waals surface area (Å²) >= 11 is 0. The second kappa shape index (κ2) is 9.63. The number of hydrogen-bond donors (Lipinski definition) is 0. The number of hydrogen-bond acceptors (Lipinski definition) is 5. The Labute approximate surface area is 180 Å². The van der Waals surface area contributed by atoms with Crippen LogP contribution < -0.4 is 9.47 Å². The lowest BCUT2D eigenvalue weighted by Gasteiger charge is -2.28. The zero-order chi connectivity index (χ0) is 21.8. The number of carbonyl (C=O) groups excluding carboxylic acids is 1. The third kappa shape index (κ3) is 4.23. The van der Waals surface area contributed by atoms with Gasteiger partial charge < -0.3 is 9.47 Å². The van der Waals surface area contributed by atoms with E-state index in [1.807, 2.05) is 43.3 Å². The summed E-state index contributed by atoms with van der Waals surface area (Å²) in [4.78, 5) is 17.6. The van der Waals surface area contributed by atoms with Crippen LogP contribution in [0.3, 0.4) is 0 Å². The maximum absolute atomic E-state index is 13.1. The Hall–Kier alpha value is -2.37. The van der Waals surface area contributed by atoms with E-state index in [1.54, 1.807) is 0 Å². The van der Waals surface area contributed by atoms with Crippen molar-refractivity contribution in [3.8, 4) is 22.6 Å². The fourth-order valence-electron chi connectivity index (χ4n) is 4.25. The normalized spacial score (nSPS) is 14.6. The van der Waals surface area contributed by atoms with Gasteiger partial charge in [0.05, 0.1) is 0 Å². The molecule has 2 aromatic rings. The third-order valence-electron chi connectivity index (χ3n) is 6.03. The molecule has 30 heavy (non-hydrogen) atoms. The molecule has 1 aliphatic carbocycles. The summed E-state index contributed by atoms with van der Waals surface area (Å²) < 4.78 is 12.4. The highest BCUT2D eigenvalue weighted by Crippen LogP contribution is 2.44. The average Bonchev–Trinajstić information content (AvgIpc) is 3.02. The SMILES string of the molecule is CCN(CC)C(C)Oc1ccc2c(c1)C(=O)c1cccc(OC(C)N(CC)CC)c1-2. The maximum Gasteiger partial charge on any atom is 0.194 e. The molecule has 0 N–H and O–H groups in total. The standard InChI is InChI=1S/C25H34N2O3/c1-7-26(8-2)17(5)29-19-14-15-20-22(16-19)25(28)21-12-11-13-23(24(20)21)30-18(6)27(9-3)10-4/h11-18H,7-10H2,1-6H3. The molecular weight excluding hydrogens is 376 g/mol. The van der Waals surface area contributed by atoms with Crippen LogP contribution in [0.4, 0.5) is 0 Å². The topological polar surface area (TPSA) is 42.0 Å². The number of nitrogens with zero attached hydrogens (tertiary/aromatic N) is 2. The minimum Gasteiger partial charge on any atom is -0.475 e. The first-order valence-electron chi connectivity index (χ1n) is 11.1. The van der Waals surface area contributed by atoms with E-state index in [2.05, 4.69) is 44.4 Å². The average molecular weight is 411 g/mol. The van der Waals surface area contributed by atoms with Crippen LogP contribution in [0.1, 0.15) is 57.5 Å². The molecule has 162 valence electrons. The van der Waals surface area contributed by atoms with Crippen molar-refractivity contribution in [2.24, 2.45) is 0 Å². The zero-order valence-electron chi connectivity index (χ0n) is 19.1. The van der Waals surface area contributed by atoms with E-state index >= 15 is 0 Å². The Balaban J connectivity index is 1.91. The molecule has 0 fully saturated rings. The maximum atomic E-state index is 13.1. The highest BCUT2D eigenvalue weighted by atomic mass is 16.5. The minimum atomic E-state index is -0.0665. The van der Waals surface area contributed by atoms with Crippen molar-refractivity contribution in [2.45, 2.75) is 54.0 Å². The second-order valence-corrected chi connectivity index (χ2v) is 7.59. The molecule has 3 rings (SSSR count). The molecule has 0 saturated carbocycles. The number of benzene rings is 2. The first-order chi connectivity index (χ1) is 14.4. The summed E-state index contributed by atoms with van der Waals surface area (Å²) in [6.45, 7) is 16.2.